The van der Waals surface area contributed by atoms with Gasteiger partial charge in [0.1, 0.15) is 11.5 Å². The van der Waals surface area contributed by atoms with E-state index in [0.717, 1.165) is 28.0 Å². The van der Waals surface area contributed by atoms with Gasteiger partial charge in [-0.3, -0.25) is 0 Å². The summed E-state index contributed by atoms with van der Waals surface area (Å²) in [6.45, 7) is 2.45. The van der Waals surface area contributed by atoms with Crippen molar-refractivity contribution in [2.24, 2.45) is 0 Å². The smallest absolute Gasteiger partial charge is 0.128 e. The molecule has 0 aromatic heterocycles. The van der Waals surface area contributed by atoms with Crippen LogP contribution in [0.4, 0.5) is 0 Å². The summed E-state index contributed by atoms with van der Waals surface area (Å²) < 4.78 is 11.7. The standard InChI is InChI=1S/C17H19BrO3/c1-12(19)16-8-7-15(11-17(16)18)21-14-5-3-13(4-6-14)9-10-20-2/h3-8,11-12,19H,9-10H2,1-2H3. The van der Waals surface area contributed by atoms with Gasteiger partial charge in [-0.25, -0.2) is 0 Å². The molecule has 0 saturated heterocycles. The van der Waals surface area contributed by atoms with Crippen molar-refractivity contribution in [3.63, 3.8) is 0 Å². The average Bonchev–Trinajstić information content (AvgIpc) is 2.46. The number of hydrogen-bond donors (Lipinski definition) is 1. The summed E-state index contributed by atoms with van der Waals surface area (Å²) in [6.07, 6.45) is 0.388. The van der Waals surface area contributed by atoms with E-state index in [1.165, 1.54) is 5.56 Å². The maximum absolute atomic E-state index is 9.61. The minimum absolute atomic E-state index is 0.506. The van der Waals surface area contributed by atoms with Crippen molar-refractivity contribution in [2.45, 2.75) is 19.4 Å². The van der Waals surface area contributed by atoms with Crippen LogP contribution in [0.5, 0.6) is 11.5 Å². The van der Waals surface area contributed by atoms with Crippen LogP contribution >= 0.6 is 15.9 Å². The predicted octanol–water partition coefficient (Wildman–Crippen LogP) is 4.48. The summed E-state index contributed by atoms with van der Waals surface area (Å²) in [4.78, 5) is 0. The first-order chi connectivity index (χ1) is 10.1. The summed E-state index contributed by atoms with van der Waals surface area (Å²) in [6, 6.07) is 13.5. The van der Waals surface area contributed by atoms with Gasteiger partial charge in [-0.15, -0.1) is 0 Å². The zero-order valence-corrected chi connectivity index (χ0v) is 13.8. The first kappa shape index (κ1) is 16.0. The van der Waals surface area contributed by atoms with E-state index in [1.807, 2.05) is 42.5 Å². The number of ether oxygens (including phenoxy) is 2. The van der Waals surface area contributed by atoms with Crippen LogP contribution in [-0.4, -0.2) is 18.8 Å². The van der Waals surface area contributed by atoms with E-state index in [0.29, 0.717) is 6.61 Å². The molecule has 0 aliphatic carbocycles. The average molecular weight is 351 g/mol. The minimum Gasteiger partial charge on any atom is -0.457 e. The first-order valence-electron chi connectivity index (χ1n) is 6.83. The van der Waals surface area contributed by atoms with E-state index >= 15 is 0 Å². The van der Waals surface area contributed by atoms with E-state index in [9.17, 15) is 5.11 Å². The molecule has 4 heteroatoms. The maximum Gasteiger partial charge on any atom is 0.128 e. The molecule has 21 heavy (non-hydrogen) atoms. The quantitative estimate of drug-likeness (QED) is 0.834. The Balaban J connectivity index is 2.06. The highest BCUT2D eigenvalue weighted by Gasteiger charge is 2.07. The molecule has 0 aliphatic rings. The van der Waals surface area contributed by atoms with Gasteiger partial charge in [-0.1, -0.05) is 34.1 Å². The zero-order chi connectivity index (χ0) is 15.2. The summed E-state index contributed by atoms with van der Waals surface area (Å²) in [5.41, 5.74) is 2.06. The van der Waals surface area contributed by atoms with Crippen LogP contribution in [0.25, 0.3) is 0 Å². The topological polar surface area (TPSA) is 38.7 Å². The molecule has 0 amide bonds. The SMILES string of the molecule is COCCc1ccc(Oc2ccc(C(C)O)c(Br)c2)cc1. The number of benzene rings is 2. The lowest BCUT2D eigenvalue weighted by Gasteiger charge is -2.11. The molecule has 3 nitrogen and oxygen atoms in total. The van der Waals surface area contributed by atoms with Crippen molar-refractivity contribution in [2.75, 3.05) is 13.7 Å². The van der Waals surface area contributed by atoms with Gasteiger partial charge in [0.25, 0.3) is 0 Å². The summed E-state index contributed by atoms with van der Waals surface area (Å²) >= 11 is 3.45. The van der Waals surface area contributed by atoms with Crippen molar-refractivity contribution in [1.29, 1.82) is 0 Å². The summed E-state index contributed by atoms with van der Waals surface area (Å²) in [7, 11) is 1.70. The van der Waals surface area contributed by atoms with Crippen molar-refractivity contribution < 1.29 is 14.6 Å². The Morgan fingerprint density at radius 1 is 1.10 bits per heavy atom. The summed E-state index contributed by atoms with van der Waals surface area (Å²) in [5.74, 6) is 1.52. The van der Waals surface area contributed by atoms with Crippen LogP contribution in [0.15, 0.2) is 46.9 Å². The van der Waals surface area contributed by atoms with Crippen molar-refractivity contribution in [1.82, 2.24) is 0 Å². The normalized spacial score (nSPS) is 12.2. The molecular formula is C17H19BrO3. The van der Waals surface area contributed by atoms with Crippen molar-refractivity contribution >= 4 is 15.9 Å². The molecule has 2 aromatic rings. The second-order valence-corrected chi connectivity index (χ2v) is 5.70. The second kappa shape index (κ2) is 7.59. The Morgan fingerprint density at radius 3 is 2.33 bits per heavy atom. The third-order valence-corrected chi connectivity index (χ3v) is 3.86. The van der Waals surface area contributed by atoms with Gasteiger partial charge in [-0.05, 0) is 48.7 Å². The molecule has 2 aromatic carbocycles. The predicted molar refractivity (Wildman–Crippen MR) is 86.9 cm³/mol. The fraction of sp³-hybridized carbons (Fsp3) is 0.294. The molecule has 0 fully saturated rings. The lowest BCUT2D eigenvalue weighted by atomic mass is 10.1. The van der Waals surface area contributed by atoms with Crippen LogP contribution in [0.3, 0.4) is 0 Å². The Bertz CT molecular complexity index is 579. The molecular weight excluding hydrogens is 332 g/mol. The van der Waals surface area contributed by atoms with Crippen LogP contribution < -0.4 is 4.74 Å². The fourth-order valence-corrected chi connectivity index (χ4v) is 2.68. The van der Waals surface area contributed by atoms with Crippen LogP contribution in [-0.2, 0) is 11.2 Å². The molecule has 0 saturated carbocycles. The van der Waals surface area contributed by atoms with Gasteiger partial charge in [0.15, 0.2) is 0 Å². The Labute approximate surface area is 133 Å². The second-order valence-electron chi connectivity index (χ2n) is 4.85. The third kappa shape index (κ3) is 4.56. The largest absolute Gasteiger partial charge is 0.457 e. The number of aliphatic hydroxyl groups excluding tert-OH is 1. The molecule has 1 atom stereocenters. The molecule has 1 N–H and O–H groups in total. The zero-order valence-electron chi connectivity index (χ0n) is 12.2. The highest BCUT2D eigenvalue weighted by atomic mass is 79.9. The van der Waals surface area contributed by atoms with Crippen LogP contribution in [0.2, 0.25) is 0 Å². The Kier molecular flexibility index (Phi) is 5.79. The minimum atomic E-state index is -0.506. The number of methoxy groups -OCH3 is 1. The van der Waals surface area contributed by atoms with E-state index in [-0.39, 0.29) is 0 Å². The first-order valence-corrected chi connectivity index (χ1v) is 7.62. The van der Waals surface area contributed by atoms with Crippen LogP contribution in [0, 0.1) is 0 Å². The highest BCUT2D eigenvalue weighted by Crippen LogP contribution is 2.30. The lowest BCUT2D eigenvalue weighted by molar-refractivity contribution is 0.198. The van der Waals surface area contributed by atoms with Gasteiger partial charge in [-0.2, -0.15) is 0 Å². The highest BCUT2D eigenvalue weighted by molar-refractivity contribution is 9.10. The third-order valence-electron chi connectivity index (χ3n) is 3.18. The maximum atomic E-state index is 9.61. The molecule has 0 spiro atoms. The Hall–Kier alpha value is -1.36. The summed E-state index contributed by atoms with van der Waals surface area (Å²) in [5, 5.41) is 9.61. The van der Waals surface area contributed by atoms with Crippen LogP contribution in [0.1, 0.15) is 24.2 Å². The molecule has 0 bridgehead atoms. The number of rotatable bonds is 6. The van der Waals surface area contributed by atoms with Gasteiger partial charge in [0, 0.05) is 11.6 Å². The molecule has 112 valence electrons. The van der Waals surface area contributed by atoms with Gasteiger partial charge in [0.05, 0.1) is 12.7 Å². The van der Waals surface area contributed by atoms with E-state index < -0.39 is 6.10 Å². The number of aliphatic hydroxyl groups is 1. The Morgan fingerprint density at radius 2 is 1.76 bits per heavy atom. The van der Waals surface area contributed by atoms with Gasteiger partial charge in [0.2, 0.25) is 0 Å². The molecule has 2 rings (SSSR count). The van der Waals surface area contributed by atoms with Gasteiger partial charge >= 0.3 is 0 Å². The van der Waals surface area contributed by atoms with E-state index in [2.05, 4.69) is 15.9 Å². The molecule has 0 heterocycles. The van der Waals surface area contributed by atoms with Crippen molar-refractivity contribution in [3.8, 4) is 11.5 Å². The van der Waals surface area contributed by atoms with E-state index in [1.54, 1.807) is 14.0 Å². The van der Waals surface area contributed by atoms with Gasteiger partial charge < -0.3 is 14.6 Å². The number of hydrogen-bond acceptors (Lipinski definition) is 3. The molecule has 1 unspecified atom stereocenters. The van der Waals surface area contributed by atoms with Crippen molar-refractivity contribution in [3.05, 3.63) is 58.1 Å². The fourth-order valence-electron chi connectivity index (χ4n) is 1.99. The van der Waals surface area contributed by atoms with E-state index in [4.69, 9.17) is 9.47 Å². The molecule has 0 aliphatic heterocycles. The monoisotopic (exact) mass is 350 g/mol. The number of halogens is 1. The lowest BCUT2D eigenvalue weighted by Crippen LogP contribution is -1.95. The molecule has 0 radical (unpaired) electrons.